The van der Waals surface area contributed by atoms with Crippen molar-refractivity contribution >= 4 is 17.6 Å². The first-order valence-electron chi connectivity index (χ1n) is 10.2. The minimum atomic E-state index is -0.492. The number of H-pyrrole nitrogens is 1. The zero-order chi connectivity index (χ0) is 21.2. The van der Waals surface area contributed by atoms with Gasteiger partial charge < -0.3 is 20.5 Å². The van der Waals surface area contributed by atoms with E-state index in [1.165, 1.54) is 12.3 Å². The van der Waals surface area contributed by atoms with Crippen molar-refractivity contribution in [2.45, 2.75) is 32.1 Å². The maximum Gasteiger partial charge on any atom is 0.273 e. The number of amides is 1. The van der Waals surface area contributed by atoms with Crippen molar-refractivity contribution in [3.05, 3.63) is 48.3 Å². The second-order valence-corrected chi connectivity index (χ2v) is 7.30. The molecule has 3 N–H and O–H groups in total. The molecule has 0 aromatic carbocycles. The van der Waals surface area contributed by atoms with Crippen LogP contribution in [0.1, 0.15) is 42.6 Å². The Kier molecular flexibility index (Phi) is 7.78. The van der Waals surface area contributed by atoms with Gasteiger partial charge in [-0.3, -0.25) is 9.78 Å². The smallest absolute Gasteiger partial charge is 0.273 e. The molecule has 0 bridgehead atoms. The third kappa shape index (κ3) is 6.04. The number of hydrogen-bond acceptors (Lipinski definition) is 4. The Labute approximate surface area is 175 Å². The summed E-state index contributed by atoms with van der Waals surface area (Å²) >= 11 is 0. The predicted octanol–water partition coefficient (Wildman–Crippen LogP) is 3.11. The minimum absolute atomic E-state index is 0.0527. The van der Waals surface area contributed by atoms with Gasteiger partial charge in [-0.15, -0.1) is 4.99 Å². The van der Waals surface area contributed by atoms with Gasteiger partial charge in [0.15, 0.2) is 5.82 Å². The van der Waals surface area contributed by atoms with Crippen molar-refractivity contribution < 1.29 is 9.18 Å². The van der Waals surface area contributed by atoms with Gasteiger partial charge in [-0.2, -0.15) is 5.26 Å². The fourth-order valence-corrected chi connectivity index (χ4v) is 3.60. The maximum atomic E-state index is 13.6. The number of aromatic nitrogens is 2. The number of nitriles is 1. The van der Waals surface area contributed by atoms with Crippen LogP contribution < -0.4 is 10.6 Å². The van der Waals surface area contributed by atoms with Crippen LogP contribution in [0.4, 0.5) is 10.1 Å². The van der Waals surface area contributed by atoms with E-state index < -0.39 is 5.82 Å². The van der Waals surface area contributed by atoms with Gasteiger partial charge in [-0.05, 0) is 43.4 Å². The zero-order valence-corrected chi connectivity index (χ0v) is 16.8. The highest BCUT2D eigenvalue weighted by molar-refractivity contribution is 5.94. The summed E-state index contributed by atoms with van der Waals surface area (Å²) in [6.45, 7) is 2.07. The van der Waals surface area contributed by atoms with Gasteiger partial charge in [-0.1, -0.05) is 12.8 Å². The topological polar surface area (TPSA) is 109 Å². The Bertz CT molecular complexity index is 890. The van der Waals surface area contributed by atoms with E-state index >= 15 is 0 Å². The number of guanidine groups is 1. The number of rotatable bonds is 8. The van der Waals surface area contributed by atoms with Gasteiger partial charge in [0, 0.05) is 43.9 Å². The standard InChI is InChI=1S/C21H26FN7O/c22-18-7-12-25-19(18)20(30)29-13-8-16(14-29)4-2-1-3-9-26-21(27-15-23)28-17-5-10-24-11-6-17/h5-7,10-12,16,25H,1-4,8-9,13-14H2,(H2,24,26,27,28). The van der Waals surface area contributed by atoms with Crippen LogP contribution >= 0.6 is 0 Å². The lowest BCUT2D eigenvalue weighted by atomic mass is 10.0. The third-order valence-corrected chi connectivity index (χ3v) is 5.17. The number of carbonyl (C=O) groups excluding carboxylic acids is 1. The molecule has 1 fully saturated rings. The molecule has 2 aromatic heterocycles. The summed E-state index contributed by atoms with van der Waals surface area (Å²) < 4.78 is 13.6. The summed E-state index contributed by atoms with van der Waals surface area (Å²) in [5.41, 5.74) is 0.864. The average molecular weight is 411 g/mol. The van der Waals surface area contributed by atoms with Crippen molar-refractivity contribution in [2.24, 2.45) is 10.9 Å². The lowest BCUT2D eigenvalue weighted by Crippen LogP contribution is -2.31. The Morgan fingerprint density at radius 3 is 2.90 bits per heavy atom. The molecular weight excluding hydrogens is 385 g/mol. The first-order valence-corrected chi connectivity index (χ1v) is 10.2. The van der Waals surface area contributed by atoms with Crippen LogP contribution in [0.25, 0.3) is 0 Å². The van der Waals surface area contributed by atoms with E-state index in [-0.39, 0.29) is 11.6 Å². The normalized spacial score (nSPS) is 16.3. The van der Waals surface area contributed by atoms with Gasteiger partial charge >= 0.3 is 0 Å². The Balaban J connectivity index is 1.31. The quantitative estimate of drug-likeness (QED) is 0.268. The summed E-state index contributed by atoms with van der Waals surface area (Å²) in [5.74, 6) is 0.137. The highest BCUT2D eigenvalue weighted by atomic mass is 19.1. The number of nitrogens with one attached hydrogen (secondary N) is 3. The van der Waals surface area contributed by atoms with Crippen molar-refractivity contribution in [2.75, 3.05) is 25.0 Å². The zero-order valence-electron chi connectivity index (χ0n) is 16.8. The summed E-state index contributed by atoms with van der Waals surface area (Å²) in [5, 5.41) is 15.0. The molecule has 3 heterocycles. The van der Waals surface area contributed by atoms with Crippen molar-refractivity contribution in [1.82, 2.24) is 20.2 Å². The van der Waals surface area contributed by atoms with E-state index in [9.17, 15) is 9.18 Å². The van der Waals surface area contributed by atoms with Crippen LogP contribution in [0.3, 0.4) is 0 Å². The van der Waals surface area contributed by atoms with Crippen LogP contribution in [0.2, 0.25) is 0 Å². The third-order valence-electron chi connectivity index (χ3n) is 5.17. The second kappa shape index (κ2) is 11.0. The number of likely N-dealkylation sites (tertiary alicyclic amines) is 1. The highest BCUT2D eigenvalue weighted by Gasteiger charge is 2.28. The maximum absolute atomic E-state index is 13.6. The Hall–Kier alpha value is -3.41. The fraction of sp³-hybridized carbons (Fsp3) is 0.429. The van der Waals surface area contributed by atoms with Crippen LogP contribution in [-0.4, -0.2) is 46.4 Å². The molecule has 0 radical (unpaired) electrons. The van der Waals surface area contributed by atoms with E-state index in [1.54, 1.807) is 35.6 Å². The SMILES string of the molecule is N#C/N=C(/NCCCCCC1CCN(C(=O)c2[nH]ccc2F)C1)Nc1ccncc1. The molecule has 1 atom stereocenters. The molecule has 3 rings (SSSR count). The van der Waals surface area contributed by atoms with Gasteiger partial charge in [-0.25, -0.2) is 4.39 Å². The molecule has 1 saturated heterocycles. The highest BCUT2D eigenvalue weighted by Crippen LogP contribution is 2.23. The van der Waals surface area contributed by atoms with Crippen LogP contribution in [0.15, 0.2) is 41.8 Å². The molecule has 1 amide bonds. The molecule has 30 heavy (non-hydrogen) atoms. The number of aliphatic imine (C=N–C) groups is 1. The minimum Gasteiger partial charge on any atom is -0.355 e. The number of carbonyl (C=O) groups is 1. The molecule has 9 heteroatoms. The lowest BCUT2D eigenvalue weighted by molar-refractivity contribution is 0.0776. The lowest BCUT2D eigenvalue weighted by Gasteiger charge is -2.16. The number of anilines is 1. The molecular formula is C21H26FN7O. The second-order valence-electron chi connectivity index (χ2n) is 7.30. The van der Waals surface area contributed by atoms with E-state index in [0.29, 0.717) is 31.5 Å². The molecule has 158 valence electrons. The first-order chi connectivity index (χ1) is 14.7. The number of unbranched alkanes of at least 4 members (excludes halogenated alkanes) is 2. The van der Waals surface area contributed by atoms with Gasteiger partial charge in [0.1, 0.15) is 5.69 Å². The molecule has 8 nitrogen and oxygen atoms in total. The molecule has 2 aromatic rings. The molecule has 1 unspecified atom stereocenters. The first kappa shape index (κ1) is 21.3. The predicted molar refractivity (Wildman–Crippen MR) is 112 cm³/mol. The van der Waals surface area contributed by atoms with Crippen molar-refractivity contribution in [3.8, 4) is 6.19 Å². The number of hydrogen-bond donors (Lipinski definition) is 3. The molecule has 0 spiro atoms. The number of aromatic amines is 1. The van der Waals surface area contributed by atoms with E-state index in [0.717, 1.165) is 37.8 Å². The van der Waals surface area contributed by atoms with Crippen LogP contribution in [-0.2, 0) is 0 Å². The molecule has 0 saturated carbocycles. The Morgan fingerprint density at radius 1 is 1.33 bits per heavy atom. The van der Waals surface area contributed by atoms with Crippen molar-refractivity contribution in [3.63, 3.8) is 0 Å². The van der Waals surface area contributed by atoms with E-state index in [4.69, 9.17) is 5.26 Å². The van der Waals surface area contributed by atoms with Crippen LogP contribution in [0, 0.1) is 23.2 Å². The van der Waals surface area contributed by atoms with Crippen molar-refractivity contribution in [1.29, 1.82) is 5.26 Å². The molecule has 0 aliphatic carbocycles. The summed E-state index contributed by atoms with van der Waals surface area (Å²) in [7, 11) is 0. The van der Waals surface area contributed by atoms with E-state index in [2.05, 4.69) is 25.6 Å². The number of pyridine rings is 1. The molecule has 1 aliphatic rings. The van der Waals surface area contributed by atoms with Gasteiger partial charge in [0.25, 0.3) is 5.91 Å². The van der Waals surface area contributed by atoms with Gasteiger partial charge in [0.2, 0.25) is 12.2 Å². The largest absolute Gasteiger partial charge is 0.355 e. The van der Waals surface area contributed by atoms with Crippen LogP contribution in [0.5, 0.6) is 0 Å². The summed E-state index contributed by atoms with van der Waals surface area (Å²) in [4.78, 5) is 24.5. The summed E-state index contributed by atoms with van der Waals surface area (Å²) in [6, 6.07) is 4.87. The number of nitrogens with zero attached hydrogens (tertiary/aromatic N) is 4. The summed E-state index contributed by atoms with van der Waals surface area (Å²) in [6.07, 6.45) is 11.6. The number of halogens is 1. The fourth-order valence-electron chi connectivity index (χ4n) is 3.60. The average Bonchev–Trinajstić information content (AvgIpc) is 3.40. The monoisotopic (exact) mass is 411 g/mol. The Morgan fingerprint density at radius 2 is 2.17 bits per heavy atom. The van der Waals surface area contributed by atoms with Gasteiger partial charge in [0.05, 0.1) is 0 Å². The van der Waals surface area contributed by atoms with E-state index in [1.807, 2.05) is 0 Å². The molecule has 1 aliphatic heterocycles.